The summed E-state index contributed by atoms with van der Waals surface area (Å²) in [5, 5.41) is 10.0. The van der Waals surface area contributed by atoms with E-state index >= 15 is 0 Å². The lowest BCUT2D eigenvalue weighted by Gasteiger charge is -2.05. The van der Waals surface area contributed by atoms with Gasteiger partial charge in [-0.1, -0.05) is 23.5 Å². The van der Waals surface area contributed by atoms with E-state index in [1.807, 2.05) is 6.07 Å². The number of hydrogen-bond donors (Lipinski definition) is 2. The number of fused-ring (bicyclic) bond motifs is 1. The topological polar surface area (TPSA) is 101 Å². The van der Waals surface area contributed by atoms with Gasteiger partial charge in [-0.15, -0.1) is 0 Å². The number of ether oxygens (including phenoxy) is 1. The number of benzene rings is 3. The first-order chi connectivity index (χ1) is 14.4. The van der Waals surface area contributed by atoms with Gasteiger partial charge in [-0.3, -0.25) is 9.71 Å². The van der Waals surface area contributed by atoms with Crippen LogP contribution < -0.4 is 9.46 Å². The van der Waals surface area contributed by atoms with E-state index in [2.05, 4.69) is 14.7 Å². The number of sulfonamides is 1. The molecule has 0 aliphatic carbocycles. The maximum absolute atomic E-state index is 12.7. The number of nitrogens with one attached hydrogen (secondary N) is 1. The third-order valence-corrected chi connectivity index (χ3v) is 6.67. The average Bonchev–Trinajstić information content (AvgIpc) is 3.14. The summed E-state index contributed by atoms with van der Waals surface area (Å²) in [5.41, 5.74) is 1.82. The molecule has 1 heterocycles. The van der Waals surface area contributed by atoms with Crippen LogP contribution in [-0.4, -0.2) is 31.8 Å². The summed E-state index contributed by atoms with van der Waals surface area (Å²) in [6.45, 7) is 0. The van der Waals surface area contributed by atoms with Crippen LogP contribution >= 0.6 is 11.3 Å². The smallest absolute Gasteiger partial charge is 0.263 e. The molecule has 0 spiro atoms. The zero-order chi connectivity index (χ0) is 21.1. The molecule has 4 aromatic rings. The maximum atomic E-state index is 12.7. The van der Waals surface area contributed by atoms with Crippen molar-refractivity contribution in [3.05, 3.63) is 72.3 Å². The molecule has 30 heavy (non-hydrogen) atoms. The molecule has 7 nitrogen and oxygen atoms in total. The number of hydrogen-bond acceptors (Lipinski definition) is 7. The van der Waals surface area contributed by atoms with Gasteiger partial charge in [0, 0.05) is 11.8 Å². The highest BCUT2D eigenvalue weighted by atomic mass is 32.2. The monoisotopic (exact) mass is 439 g/mol. The van der Waals surface area contributed by atoms with Gasteiger partial charge in [0.15, 0.2) is 5.13 Å². The van der Waals surface area contributed by atoms with E-state index in [9.17, 15) is 13.5 Å². The van der Waals surface area contributed by atoms with Crippen LogP contribution in [0.2, 0.25) is 0 Å². The van der Waals surface area contributed by atoms with E-state index in [0.29, 0.717) is 22.5 Å². The molecule has 0 aliphatic heterocycles. The minimum Gasteiger partial charge on any atom is -0.507 e. The zero-order valence-electron chi connectivity index (χ0n) is 15.8. The summed E-state index contributed by atoms with van der Waals surface area (Å²) < 4.78 is 33.9. The van der Waals surface area contributed by atoms with Crippen molar-refractivity contribution in [2.24, 2.45) is 4.99 Å². The van der Waals surface area contributed by atoms with Gasteiger partial charge in [0.25, 0.3) is 10.0 Å². The standard InChI is InChI=1S/C21H17N3O4S2/c1-28-16-8-11-18-20(12-16)29-21(23-18)24-30(26,27)17-9-6-15(7-10-17)22-13-14-4-2-3-5-19(14)25/h2-13,25H,1H3,(H,23,24). The molecule has 2 N–H and O–H groups in total. The average molecular weight is 440 g/mol. The van der Waals surface area contributed by atoms with Crippen molar-refractivity contribution in [1.29, 1.82) is 0 Å². The summed E-state index contributed by atoms with van der Waals surface area (Å²) >= 11 is 1.23. The zero-order valence-corrected chi connectivity index (χ0v) is 17.4. The first-order valence-corrected chi connectivity index (χ1v) is 11.1. The van der Waals surface area contributed by atoms with Crippen molar-refractivity contribution >= 4 is 48.6 Å². The predicted molar refractivity (Wildman–Crippen MR) is 119 cm³/mol. The van der Waals surface area contributed by atoms with Gasteiger partial charge in [0.1, 0.15) is 11.5 Å². The number of methoxy groups -OCH3 is 1. The van der Waals surface area contributed by atoms with Gasteiger partial charge < -0.3 is 9.84 Å². The van der Waals surface area contributed by atoms with E-state index in [1.165, 1.54) is 29.7 Å². The van der Waals surface area contributed by atoms with Crippen LogP contribution in [-0.2, 0) is 10.0 Å². The Morgan fingerprint density at radius 3 is 2.60 bits per heavy atom. The minimum atomic E-state index is -3.79. The molecule has 9 heteroatoms. The Labute approximate surface area is 177 Å². The summed E-state index contributed by atoms with van der Waals surface area (Å²) in [4.78, 5) is 8.68. The first-order valence-electron chi connectivity index (χ1n) is 8.84. The van der Waals surface area contributed by atoms with Crippen molar-refractivity contribution in [1.82, 2.24) is 4.98 Å². The molecule has 4 rings (SSSR count). The van der Waals surface area contributed by atoms with Gasteiger partial charge in [-0.25, -0.2) is 13.4 Å². The van der Waals surface area contributed by atoms with Crippen molar-refractivity contribution in [2.75, 3.05) is 11.8 Å². The van der Waals surface area contributed by atoms with Crippen LogP contribution in [0.15, 0.2) is 76.6 Å². The number of para-hydroxylation sites is 1. The molecule has 0 amide bonds. The van der Waals surface area contributed by atoms with Gasteiger partial charge in [0.05, 0.1) is 27.9 Å². The van der Waals surface area contributed by atoms with Crippen LogP contribution in [0.3, 0.4) is 0 Å². The minimum absolute atomic E-state index is 0.0980. The third-order valence-electron chi connectivity index (χ3n) is 4.25. The Morgan fingerprint density at radius 1 is 1.10 bits per heavy atom. The normalized spacial score (nSPS) is 11.8. The quantitative estimate of drug-likeness (QED) is 0.429. The molecule has 0 fully saturated rings. The van der Waals surface area contributed by atoms with Gasteiger partial charge in [-0.05, 0) is 54.6 Å². The van der Waals surface area contributed by atoms with Crippen LogP contribution in [0.5, 0.6) is 11.5 Å². The van der Waals surface area contributed by atoms with E-state index in [1.54, 1.807) is 55.6 Å². The summed E-state index contributed by atoms with van der Waals surface area (Å²) in [6, 6.07) is 18.3. The number of nitrogens with zero attached hydrogens (tertiary/aromatic N) is 2. The molecule has 0 atom stereocenters. The fraction of sp³-hybridized carbons (Fsp3) is 0.0476. The lowest BCUT2D eigenvalue weighted by molar-refractivity contribution is 0.415. The number of rotatable bonds is 6. The van der Waals surface area contributed by atoms with Crippen molar-refractivity contribution in [3.8, 4) is 11.5 Å². The second kappa shape index (κ2) is 8.13. The number of aromatic hydroxyl groups is 1. The second-order valence-electron chi connectivity index (χ2n) is 6.27. The predicted octanol–water partition coefficient (Wildman–Crippen LogP) is 4.56. The third kappa shape index (κ3) is 4.27. The lowest BCUT2D eigenvalue weighted by Crippen LogP contribution is -2.12. The molecule has 0 aliphatic rings. The fourth-order valence-electron chi connectivity index (χ4n) is 2.70. The van der Waals surface area contributed by atoms with Gasteiger partial charge in [-0.2, -0.15) is 0 Å². The highest BCUT2D eigenvalue weighted by Gasteiger charge is 2.17. The lowest BCUT2D eigenvalue weighted by atomic mass is 10.2. The van der Waals surface area contributed by atoms with Crippen LogP contribution in [0, 0.1) is 0 Å². The Bertz CT molecular complexity index is 1330. The van der Waals surface area contributed by atoms with Crippen molar-refractivity contribution in [3.63, 3.8) is 0 Å². The number of aromatic nitrogens is 1. The van der Waals surface area contributed by atoms with E-state index in [0.717, 1.165) is 4.70 Å². The molecule has 0 saturated carbocycles. The van der Waals surface area contributed by atoms with E-state index in [4.69, 9.17) is 4.74 Å². The molecule has 0 unspecified atom stereocenters. The Kier molecular flexibility index (Phi) is 5.39. The Hall–Kier alpha value is -3.43. The van der Waals surface area contributed by atoms with Crippen molar-refractivity contribution in [2.45, 2.75) is 4.90 Å². The molecular weight excluding hydrogens is 422 g/mol. The summed E-state index contributed by atoms with van der Waals surface area (Å²) in [7, 11) is -2.22. The van der Waals surface area contributed by atoms with Gasteiger partial charge in [0.2, 0.25) is 0 Å². The molecule has 1 aromatic heterocycles. The molecule has 0 radical (unpaired) electrons. The van der Waals surface area contributed by atoms with E-state index in [-0.39, 0.29) is 15.8 Å². The van der Waals surface area contributed by atoms with Crippen LogP contribution in [0.25, 0.3) is 10.2 Å². The molecule has 0 bridgehead atoms. The van der Waals surface area contributed by atoms with Gasteiger partial charge >= 0.3 is 0 Å². The largest absolute Gasteiger partial charge is 0.507 e. The number of thiazole rings is 1. The highest BCUT2D eigenvalue weighted by molar-refractivity contribution is 7.93. The number of aliphatic imine (C=N–C) groups is 1. The Balaban J connectivity index is 1.52. The maximum Gasteiger partial charge on any atom is 0.263 e. The summed E-state index contributed by atoms with van der Waals surface area (Å²) in [5.74, 6) is 0.804. The van der Waals surface area contributed by atoms with E-state index < -0.39 is 10.0 Å². The number of phenolic OH excluding ortho intramolecular Hbond substituents is 1. The first kappa shape index (κ1) is 19.9. The molecule has 3 aromatic carbocycles. The fourth-order valence-corrected chi connectivity index (χ4v) is 4.83. The Morgan fingerprint density at radius 2 is 1.87 bits per heavy atom. The molecular formula is C21H17N3O4S2. The molecule has 0 saturated heterocycles. The van der Waals surface area contributed by atoms with Crippen LogP contribution in [0.4, 0.5) is 10.8 Å². The number of anilines is 1. The summed E-state index contributed by atoms with van der Waals surface area (Å²) in [6.07, 6.45) is 1.52. The molecule has 152 valence electrons. The number of phenols is 1. The van der Waals surface area contributed by atoms with Crippen LogP contribution in [0.1, 0.15) is 5.56 Å². The van der Waals surface area contributed by atoms with Crippen molar-refractivity contribution < 1.29 is 18.3 Å². The second-order valence-corrected chi connectivity index (χ2v) is 8.98. The highest BCUT2D eigenvalue weighted by Crippen LogP contribution is 2.30. The SMILES string of the molecule is COc1ccc2nc(NS(=O)(=O)c3ccc(N=Cc4ccccc4O)cc3)sc2c1.